The molecule has 5 nitrogen and oxygen atoms in total. The Bertz CT molecular complexity index is 995. The summed E-state index contributed by atoms with van der Waals surface area (Å²) < 4.78 is 6.23. The Morgan fingerprint density at radius 2 is 2.04 bits per heavy atom. The monoisotopic (exact) mass is 430 g/mol. The molecular formula is C20H26N4OS2Si. The summed E-state index contributed by atoms with van der Waals surface area (Å²) in [7, 11) is -1.75. The third kappa shape index (κ3) is 5.17. The molecule has 0 bridgehead atoms. The van der Waals surface area contributed by atoms with Crippen molar-refractivity contribution >= 4 is 47.0 Å². The standard InChI is InChI=1S/C20H26N4OS2Si/c1-20(2,3)28(4,5)25-12-17-24-15(13-27-17)8-6-7-10-21-18-16-9-11-26-19(16)23-14-22-18/h9,11,13-14H,7,10,12H2,1-5H3,(H,21,22,23). The molecule has 0 aromatic carbocycles. The van der Waals surface area contributed by atoms with Gasteiger partial charge in [0, 0.05) is 18.3 Å². The van der Waals surface area contributed by atoms with Crippen molar-refractivity contribution in [2.45, 2.75) is 51.9 Å². The van der Waals surface area contributed by atoms with Crippen molar-refractivity contribution in [1.82, 2.24) is 15.0 Å². The molecule has 0 aliphatic carbocycles. The van der Waals surface area contributed by atoms with Crippen molar-refractivity contribution in [1.29, 1.82) is 0 Å². The summed E-state index contributed by atoms with van der Waals surface area (Å²) >= 11 is 3.23. The highest BCUT2D eigenvalue weighted by Crippen LogP contribution is 2.37. The van der Waals surface area contributed by atoms with E-state index in [0.29, 0.717) is 6.61 Å². The molecule has 3 aromatic rings. The average Bonchev–Trinajstić information content (AvgIpc) is 3.28. The minimum atomic E-state index is -1.75. The molecule has 0 fully saturated rings. The first-order chi connectivity index (χ1) is 13.3. The molecule has 0 atom stereocenters. The predicted octanol–water partition coefficient (Wildman–Crippen LogP) is 5.52. The van der Waals surface area contributed by atoms with Gasteiger partial charge >= 0.3 is 0 Å². The SMILES string of the molecule is CC(C)(C)[Si](C)(C)OCc1nc(C#CCCNc2ncnc3sccc23)cs1. The largest absolute Gasteiger partial charge is 0.410 e. The van der Waals surface area contributed by atoms with Crippen LogP contribution in [0, 0.1) is 11.8 Å². The molecule has 28 heavy (non-hydrogen) atoms. The summed E-state index contributed by atoms with van der Waals surface area (Å²) in [6.07, 6.45) is 2.32. The molecule has 3 aromatic heterocycles. The lowest BCUT2D eigenvalue weighted by Crippen LogP contribution is -2.40. The van der Waals surface area contributed by atoms with Gasteiger partial charge in [-0.2, -0.15) is 0 Å². The fourth-order valence-corrected chi connectivity index (χ4v) is 4.63. The molecular weight excluding hydrogens is 404 g/mol. The van der Waals surface area contributed by atoms with Gasteiger partial charge in [-0.1, -0.05) is 26.7 Å². The summed E-state index contributed by atoms with van der Waals surface area (Å²) in [5, 5.41) is 9.63. The van der Waals surface area contributed by atoms with Gasteiger partial charge in [-0.15, -0.1) is 22.7 Å². The van der Waals surface area contributed by atoms with Crippen molar-refractivity contribution in [3.8, 4) is 11.8 Å². The number of thiophene rings is 1. The number of nitrogens with zero attached hydrogens (tertiary/aromatic N) is 3. The van der Waals surface area contributed by atoms with Crippen LogP contribution in [0.1, 0.15) is 37.9 Å². The van der Waals surface area contributed by atoms with Gasteiger partial charge in [-0.25, -0.2) is 15.0 Å². The number of aromatic nitrogens is 3. The topological polar surface area (TPSA) is 59.9 Å². The van der Waals surface area contributed by atoms with Crippen molar-refractivity contribution in [2.24, 2.45) is 0 Å². The second kappa shape index (κ2) is 8.70. The van der Waals surface area contributed by atoms with E-state index in [-0.39, 0.29) is 5.04 Å². The number of fused-ring (bicyclic) bond motifs is 1. The Balaban J connectivity index is 1.48. The maximum absolute atomic E-state index is 6.23. The fourth-order valence-electron chi connectivity index (χ4n) is 2.22. The molecule has 0 saturated carbocycles. The first-order valence-electron chi connectivity index (χ1n) is 9.25. The Labute approximate surface area is 175 Å². The number of rotatable bonds is 6. The van der Waals surface area contributed by atoms with Crippen LogP contribution in [0.15, 0.2) is 23.2 Å². The zero-order chi connectivity index (χ0) is 20.2. The first-order valence-corrected chi connectivity index (χ1v) is 13.9. The Kier molecular flexibility index (Phi) is 6.50. The van der Waals surface area contributed by atoms with Crippen molar-refractivity contribution in [2.75, 3.05) is 11.9 Å². The quantitative estimate of drug-likeness (QED) is 0.317. The summed E-state index contributed by atoms with van der Waals surface area (Å²) in [4.78, 5) is 14.2. The van der Waals surface area contributed by atoms with E-state index in [1.165, 1.54) is 0 Å². The van der Waals surface area contributed by atoms with Gasteiger partial charge in [-0.3, -0.25) is 0 Å². The van der Waals surface area contributed by atoms with Crippen molar-refractivity contribution in [3.63, 3.8) is 0 Å². The van der Waals surface area contributed by atoms with Crippen LogP contribution < -0.4 is 5.32 Å². The Morgan fingerprint density at radius 3 is 2.82 bits per heavy atom. The number of hydrogen-bond acceptors (Lipinski definition) is 7. The van der Waals surface area contributed by atoms with Crippen molar-refractivity contribution < 1.29 is 4.43 Å². The number of hydrogen-bond donors (Lipinski definition) is 1. The maximum Gasteiger partial charge on any atom is 0.192 e. The van der Waals surface area contributed by atoms with Gasteiger partial charge in [0.05, 0.1) is 12.0 Å². The van der Waals surface area contributed by atoms with E-state index in [0.717, 1.165) is 39.7 Å². The molecule has 0 aliphatic rings. The van der Waals surface area contributed by atoms with Crippen LogP contribution in [0.3, 0.4) is 0 Å². The normalized spacial score (nSPS) is 12.0. The van der Waals surface area contributed by atoms with Gasteiger partial charge in [0.1, 0.15) is 27.7 Å². The average molecular weight is 431 g/mol. The lowest BCUT2D eigenvalue weighted by atomic mass is 10.2. The third-order valence-corrected chi connectivity index (χ3v) is 11.1. The predicted molar refractivity (Wildman–Crippen MR) is 121 cm³/mol. The zero-order valence-electron chi connectivity index (χ0n) is 17.0. The third-order valence-electron chi connectivity index (χ3n) is 4.94. The fraction of sp³-hybridized carbons (Fsp3) is 0.450. The highest BCUT2D eigenvalue weighted by molar-refractivity contribution is 7.16. The lowest BCUT2D eigenvalue weighted by molar-refractivity contribution is 0.276. The number of thiazole rings is 1. The van der Waals surface area contributed by atoms with E-state index in [1.807, 2.05) is 16.8 Å². The zero-order valence-corrected chi connectivity index (χ0v) is 19.6. The van der Waals surface area contributed by atoms with Crippen LogP contribution in [0.2, 0.25) is 18.1 Å². The van der Waals surface area contributed by atoms with Crippen LogP contribution in [-0.2, 0) is 11.0 Å². The minimum absolute atomic E-state index is 0.207. The van der Waals surface area contributed by atoms with E-state index in [4.69, 9.17) is 4.43 Å². The van der Waals surface area contributed by atoms with Crippen LogP contribution in [-0.4, -0.2) is 29.8 Å². The second-order valence-electron chi connectivity index (χ2n) is 8.02. The van der Waals surface area contributed by atoms with Crippen LogP contribution >= 0.6 is 22.7 Å². The molecule has 3 heterocycles. The van der Waals surface area contributed by atoms with Gasteiger partial charge in [0.15, 0.2) is 8.32 Å². The molecule has 0 spiro atoms. The minimum Gasteiger partial charge on any atom is -0.410 e. The highest BCUT2D eigenvalue weighted by Gasteiger charge is 2.37. The molecule has 1 N–H and O–H groups in total. The molecule has 0 radical (unpaired) electrons. The molecule has 148 valence electrons. The van der Waals surface area contributed by atoms with Gasteiger partial charge in [0.2, 0.25) is 0 Å². The molecule has 0 amide bonds. The molecule has 8 heteroatoms. The van der Waals surface area contributed by atoms with Gasteiger partial charge in [-0.05, 0) is 35.5 Å². The van der Waals surface area contributed by atoms with Crippen molar-refractivity contribution in [3.05, 3.63) is 33.9 Å². The summed E-state index contributed by atoms with van der Waals surface area (Å²) in [6, 6.07) is 2.04. The summed E-state index contributed by atoms with van der Waals surface area (Å²) in [6.45, 7) is 12.6. The van der Waals surface area contributed by atoms with E-state index >= 15 is 0 Å². The number of anilines is 1. The maximum atomic E-state index is 6.23. The molecule has 3 rings (SSSR count). The van der Waals surface area contributed by atoms with Crippen LogP contribution in [0.5, 0.6) is 0 Å². The Hall–Kier alpha value is -1.79. The number of nitrogens with one attached hydrogen (secondary N) is 1. The molecule has 0 aliphatic heterocycles. The van der Waals surface area contributed by atoms with Crippen LogP contribution in [0.4, 0.5) is 5.82 Å². The van der Waals surface area contributed by atoms with E-state index in [2.05, 4.69) is 66.0 Å². The summed E-state index contributed by atoms with van der Waals surface area (Å²) in [5.41, 5.74) is 0.820. The van der Waals surface area contributed by atoms with Crippen LogP contribution in [0.25, 0.3) is 10.2 Å². The molecule has 0 saturated heterocycles. The molecule has 0 unspecified atom stereocenters. The van der Waals surface area contributed by atoms with E-state index in [1.54, 1.807) is 29.0 Å². The second-order valence-corrected chi connectivity index (χ2v) is 14.7. The first kappa shape index (κ1) is 20.9. The van der Waals surface area contributed by atoms with E-state index in [9.17, 15) is 0 Å². The van der Waals surface area contributed by atoms with Gasteiger partial charge < -0.3 is 9.74 Å². The Morgan fingerprint density at radius 1 is 1.21 bits per heavy atom. The smallest absolute Gasteiger partial charge is 0.192 e. The summed E-state index contributed by atoms with van der Waals surface area (Å²) in [5.74, 6) is 7.20. The highest BCUT2D eigenvalue weighted by atomic mass is 32.1. The lowest BCUT2D eigenvalue weighted by Gasteiger charge is -2.35. The van der Waals surface area contributed by atoms with E-state index < -0.39 is 8.32 Å². The van der Waals surface area contributed by atoms with Gasteiger partial charge in [0.25, 0.3) is 0 Å².